The summed E-state index contributed by atoms with van der Waals surface area (Å²) in [6, 6.07) is 14.2. The van der Waals surface area contributed by atoms with Crippen LogP contribution in [0.15, 0.2) is 76.4 Å². The molecule has 0 spiro atoms. The molecule has 0 saturated heterocycles. The standard InChI is InChI=1S/C20H18BrN3O3S/c21-17-7-4-15(5-8-17)6-9-20(25)23-12-13-24-28(26,27)19-3-1-2-16-14-22-11-10-18(16)19/h1-11,14,24H,12-13H2,(H,23,25)/b9-6+. The van der Waals surface area contributed by atoms with E-state index in [0.717, 1.165) is 15.4 Å². The second-order valence-electron chi connectivity index (χ2n) is 5.93. The molecular weight excluding hydrogens is 442 g/mol. The first-order chi connectivity index (χ1) is 13.5. The van der Waals surface area contributed by atoms with Gasteiger partial charge in [-0.25, -0.2) is 13.1 Å². The Morgan fingerprint density at radius 3 is 2.64 bits per heavy atom. The Balaban J connectivity index is 1.54. The molecule has 2 aromatic carbocycles. The number of halogens is 1. The van der Waals surface area contributed by atoms with Crippen LogP contribution in [0, 0.1) is 0 Å². The topological polar surface area (TPSA) is 88.2 Å². The fourth-order valence-electron chi connectivity index (χ4n) is 2.58. The number of rotatable bonds is 7. The number of amides is 1. The van der Waals surface area contributed by atoms with Crippen LogP contribution >= 0.6 is 15.9 Å². The molecule has 0 bridgehead atoms. The van der Waals surface area contributed by atoms with Gasteiger partial charge in [-0.1, -0.05) is 40.2 Å². The molecule has 0 fully saturated rings. The van der Waals surface area contributed by atoms with Crippen LogP contribution < -0.4 is 10.0 Å². The molecule has 3 rings (SSSR count). The highest BCUT2D eigenvalue weighted by molar-refractivity contribution is 9.10. The highest BCUT2D eigenvalue weighted by Gasteiger charge is 2.16. The maximum absolute atomic E-state index is 12.6. The van der Waals surface area contributed by atoms with Crippen molar-refractivity contribution in [3.63, 3.8) is 0 Å². The van der Waals surface area contributed by atoms with Crippen LogP contribution in [-0.2, 0) is 14.8 Å². The summed E-state index contributed by atoms with van der Waals surface area (Å²) >= 11 is 3.35. The lowest BCUT2D eigenvalue weighted by atomic mass is 10.2. The summed E-state index contributed by atoms with van der Waals surface area (Å²) in [6.07, 6.45) is 6.28. The first-order valence-corrected chi connectivity index (χ1v) is 10.8. The van der Waals surface area contributed by atoms with Crippen LogP contribution in [0.1, 0.15) is 5.56 Å². The summed E-state index contributed by atoms with van der Waals surface area (Å²) in [6.45, 7) is 0.261. The molecular formula is C20H18BrN3O3S. The number of sulfonamides is 1. The van der Waals surface area contributed by atoms with Crippen molar-refractivity contribution in [3.8, 4) is 0 Å². The van der Waals surface area contributed by atoms with Crippen molar-refractivity contribution < 1.29 is 13.2 Å². The lowest BCUT2D eigenvalue weighted by Gasteiger charge is -2.09. The number of nitrogens with one attached hydrogen (secondary N) is 2. The van der Waals surface area contributed by atoms with E-state index in [2.05, 4.69) is 31.0 Å². The van der Waals surface area contributed by atoms with Gasteiger partial charge in [-0.2, -0.15) is 0 Å². The van der Waals surface area contributed by atoms with E-state index in [1.807, 2.05) is 24.3 Å². The Kier molecular flexibility index (Phi) is 6.56. The van der Waals surface area contributed by atoms with E-state index in [1.54, 1.807) is 42.7 Å². The number of nitrogens with zero attached hydrogens (tertiary/aromatic N) is 1. The molecule has 144 valence electrons. The molecule has 1 heterocycles. The molecule has 1 aromatic heterocycles. The van der Waals surface area contributed by atoms with Crippen LogP contribution in [0.5, 0.6) is 0 Å². The summed E-state index contributed by atoms with van der Waals surface area (Å²) in [4.78, 5) is 16.1. The molecule has 8 heteroatoms. The fourth-order valence-corrected chi connectivity index (χ4v) is 4.10. The van der Waals surface area contributed by atoms with Crippen LogP contribution in [0.4, 0.5) is 0 Å². The number of hydrogen-bond donors (Lipinski definition) is 2. The number of pyridine rings is 1. The molecule has 0 aliphatic carbocycles. The van der Waals surface area contributed by atoms with E-state index < -0.39 is 10.0 Å². The number of benzene rings is 2. The van der Waals surface area contributed by atoms with Crippen LogP contribution in [0.25, 0.3) is 16.8 Å². The van der Waals surface area contributed by atoms with Gasteiger partial charge in [0.2, 0.25) is 15.9 Å². The fraction of sp³-hybridized carbons (Fsp3) is 0.100. The highest BCUT2D eigenvalue weighted by atomic mass is 79.9. The van der Waals surface area contributed by atoms with Gasteiger partial charge in [0.05, 0.1) is 4.90 Å². The Bertz CT molecular complexity index is 1110. The molecule has 1 amide bonds. The number of carbonyl (C=O) groups is 1. The van der Waals surface area contributed by atoms with Gasteiger partial charge in [-0.3, -0.25) is 9.78 Å². The summed E-state index contributed by atoms with van der Waals surface area (Å²) in [7, 11) is -3.70. The largest absolute Gasteiger partial charge is 0.351 e. The number of fused-ring (bicyclic) bond motifs is 1. The SMILES string of the molecule is O=C(/C=C/c1ccc(Br)cc1)NCCNS(=O)(=O)c1cccc2cnccc12. The minimum absolute atomic E-state index is 0.0850. The van der Waals surface area contributed by atoms with Crippen molar-refractivity contribution in [1.29, 1.82) is 0 Å². The second kappa shape index (κ2) is 9.09. The number of carbonyl (C=O) groups excluding carboxylic acids is 1. The van der Waals surface area contributed by atoms with Crippen LogP contribution in [0.3, 0.4) is 0 Å². The first kappa shape index (κ1) is 20.2. The Morgan fingerprint density at radius 1 is 1.07 bits per heavy atom. The minimum atomic E-state index is -3.70. The molecule has 0 atom stereocenters. The Labute approximate surface area is 171 Å². The average Bonchev–Trinajstić information content (AvgIpc) is 2.70. The predicted octanol–water partition coefficient (Wildman–Crippen LogP) is 3.11. The van der Waals surface area contributed by atoms with Crippen molar-refractivity contribution in [2.75, 3.05) is 13.1 Å². The first-order valence-electron chi connectivity index (χ1n) is 8.49. The van der Waals surface area contributed by atoms with Gasteiger partial charge in [-0.05, 0) is 35.9 Å². The van der Waals surface area contributed by atoms with Crippen molar-refractivity contribution in [2.45, 2.75) is 4.90 Å². The monoisotopic (exact) mass is 459 g/mol. The van der Waals surface area contributed by atoms with Gasteiger partial charge in [0, 0.05) is 46.8 Å². The van der Waals surface area contributed by atoms with Gasteiger partial charge in [-0.15, -0.1) is 0 Å². The maximum Gasteiger partial charge on any atom is 0.244 e. The summed E-state index contributed by atoms with van der Waals surface area (Å²) in [5.74, 6) is -0.293. The number of aromatic nitrogens is 1. The molecule has 3 aromatic rings. The highest BCUT2D eigenvalue weighted by Crippen LogP contribution is 2.21. The normalized spacial score (nSPS) is 11.8. The predicted molar refractivity (Wildman–Crippen MR) is 113 cm³/mol. The molecule has 0 saturated carbocycles. The van der Waals surface area contributed by atoms with Crippen molar-refractivity contribution >= 4 is 48.7 Å². The van der Waals surface area contributed by atoms with E-state index >= 15 is 0 Å². The lowest BCUT2D eigenvalue weighted by Crippen LogP contribution is -2.34. The zero-order valence-corrected chi connectivity index (χ0v) is 17.2. The van der Waals surface area contributed by atoms with Gasteiger partial charge >= 0.3 is 0 Å². The van der Waals surface area contributed by atoms with Crippen molar-refractivity contribution in [1.82, 2.24) is 15.0 Å². The van der Waals surface area contributed by atoms with E-state index in [0.29, 0.717) is 5.39 Å². The van der Waals surface area contributed by atoms with Gasteiger partial charge in [0.15, 0.2) is 0 Å². The molecule has 6 nitrogen and oxygen atoms in total. The smallest absolute Gasteiger partial charge is 0.244 e. The summed E-state index contributed by atoms with van der Waals surface area (Å²) in [5, 5.41) is 4.00. The maximum atomic E-state index is 12.6. The quantitative estimate of drug-likeness (QED) is 0.419. The summed E-state index contributed by atoms with van der Waals surface area (Å²) in [5.41, 5.74) is 0.893. The van der Waals surface area contributed by atoms with E-state index in [-0.39, 0.29) is 23.9 Å². The van der Waals surface area contributed by atoms with Gasteiger partial charge in [0.25, 0.3) is 0 Å². The summed E-state index contributed by atoms with van der Waals surface area (Å²) < 4.78 is 28.6. The van der Waals surface area contributed by atoms with Crippen molar-refractivity contribution in [2.24, 2.45) is 0 Å². The third-order valence-corrected chi connectivity index (χ3v) is 5.99. The average molecular weight is 460 g/mol. The molecule has 0 aliphatic heterocycles. The lowest BCUT2D eigenvalue weighted by molar-refractivity contribution is -0.116. The molecule has 2 N–H and O–H groups in total. The molecule has 0 radical (unpaired) electrons. The van der Waals surface area contributed by atoms with Crippen LogP contribution in [0.2, 0.25) is 0 Å². The van der Waals surface area contributed by atoms with E-state index in [4.69, 9.17) is 0 Å². The van der Waals surface area contributed by atoms with E-state index in [9.17, 15) is 13.2 Å². The van der Waals surface area contributed by atoms with Crippen LogP contribution in [-0.4, -0.2) is 32.4 Å². The molecule has 28 heavy (non-hydrogen) atoms. The molecule has 0 unspecified atom stereocenters. The zero-order chi connectivity index (χ0) is 20.0. The zero-order valence-electron chi connectivity index (χ0n) is 14.8. The number of hydrogen-bond acceptors (Lipinski definition) is 4. The van der Waals surface area contributed by atoms with Gasteiger partial charge < -0.3 is 5.32 Å². The molecule has 0 aliphatic rings. The van der Waals surface area contributed by atoms with Crippen molar-refractivity contribution in [3.05, 3.63) is 77.0 Å². The third-order valence-electron chi connectivity index (χ3n) is 3.94. The Morgan fingerprint density at radius 2 is 1.86 bits per heavy atom. The third kappa shape index (κ3) is 5.25. The Hall–Kier alpha value is -2.55. The van der Waals surface area contributed by atoms with Gasteiger partial charge in [0.1, 0.15) is 0 Å². The second-order valence-corrected chi connectivity index (χ2v) is 8.58. The van der Waals surface area contributed by atoms with E-state index in [1.165, 1.54) is 6.08 Å². The minimum Gasteiger partial charge on any atom is -0.351 e.